The van der Waals surface area contributed by atoms with Crippen molar-refractivity contribution < 1.29 is 9.59 Å². The highest BCUT2D eigenvalue weighted by molar-refractivity contribution is 6.30. The minimum atomic E-state index is -0.501. The van der Waals surface area contributed by atoms with Crippen LogP contribution >= 0.6 is 11.6 Å². The Morgan fingerprint density at radius 2 is 1.67 bits per heavy atom. The van der Waals surface area contributed by atoms with Gasteiger partial charge in [-0.25, -0.2) is 10.4 Å². The van der Waals surface area contributed by atoms with Crippen LogP contribution in [0.5, 0.6) is 0 Å². The monoisotopic (exact) mass is 341 g/mol. The summed E-state index contributed by atoms with van der Waals surface area (Å²) in [6, 6.07) is 16.5. The van der Waals surface area contributed by atoms with Gasteiger partial charge in [-0.05, 0) is 23.3 Å². The second kappa shape index (κ2) is 6.02. The third-order valence-corrected chi connectivity index (χ3v) is 4.83. The summed E-state index contributed by atoms with van der Waals surface area (Å²) in [5, 5.41) is 4.96. The molecule has 2 heterocycles. The molecule has 4 rings (SSSR count). The zero-order chi connectivity index (χ0) is 16.7. The topological polar surface area (TPSA) is 61.4 Å². The van der Waals surface area contributed by atoms with Crippen molar-refractivity contribution in [3.63, 3.8) is 0 Å². The van der Waals surface area contributed by atoms with Crippen LogP contribution in [-0.2, 0) is 16.1 Å². The van der Waals surface area contributed by atoms with Crippen LogP contribution in [0, 0.1) is 5.92 Å². The first-order valence-electron chi connectivity index (χ1n) is 7.80. The van der Waals surface area contributed by atoms with Gasteiger partial charge in [-0.3, -0.25) is 14.9 Å². The predicted octanol–water partition coefficient (Wildman–Crippen LogP) is 2.04. The number of nitrogens with one attached hydrogen (secondary N) is 2. The summed E-state index contributed by atoms with van der Waals surface area (Å²) in [6.07, 6.45) is 0. The smallest absolute Gasteiger partial charge is 0.246 e. The van der Waals surface area contributed by atoms with Gasteiger partial charge < -0.3 is 0 Å². The molecule has 0 unspecified atom stereocenters. The number of halogens is 1. The SMILES string of the molecule is O=C1NC(=O)[C@@H]2[C@@H]1[C@@H](c1ccc(Cl)cc1)NN2Cc1ccccc1. The van der Waals surface area contributed by atoms with Crippen molar-refractivity contribution in [1.82, 2.24) is 15.8 Å². The van der Waals surface area contributed by atoms with Crippen LogP contribution in [0.15, 0.2) is 54.6 Å². The zero-order valence-electron chi connectivity index (χ0n) is 12.8. The predicted molar refractivity (Wildman–Crippen MR) is 89.7 cm³/mol. The molecule has 0 radical (unpaired) electrons. The molecule has 3 atom stereocenters. The maximum atomic E-state index is 12.3. The van der Waals surface area contributed by atoms with Gasteiger partial charge in [0, 0.05) is 11.6 Å². The minimum Gasteiger partial charge on any atom is -0.295 e. The lowest BCUT2D eigenvalue weighted by Crippen LogP contribution is -2.43. The van der Waals surface area contributed by atoms with Gasteiger partial charge in [0.1, 0.15) is 6.04 Å². The van der Waals surface area contributed by atoms with Crippen LogP contribution in [0.3, 0.4) is 0 Å². The Balaban J connectivity index is 1.66. The van der Waals surface area contributed by atoms with Gasteiger partial charge in [0.2, 0.25) is 11.8 Å². The molecule has 0 aliphatic carbocycles. The van der Waals surface area contributed by atoms with E-state index < -0.39 is 12.0 Å². The maximum Gasteiger partial charge on any atom is 0.246 e. The Hall–Kier alpha value is -2.21. The standard InChI is InChI=1S/C18H16ClN3O2/c19-13-8-6-12(7-9-13)15-14-16(18(24)20-17(14)23)22(21-15)10-11-4-2-1-3-5-11/h1-9,14-16,21H,10H2,(H,20,23,24)/t14-,15+,16-/m0/s1. The normalized spacial score (nSPS) is 26.5. The number of hydrogen-bond donors (Lipinski definition) is 2. The van der Waals surface area contributed by atoms with Crippen molar-refractivity contribution in [2.24, 2.45) is 5.92 Å². The third kappa shape index (κ3) is 2.60. The van der Waals surface area contributed by atoms with Crippen molar-refractivity contribution >= 4 is 23.4 Å². The van der Waals surface area contributed by atoms with Gasteiger partial charge in [-0.2, -0.15) is 0 Å². The number of nitrogens with zero attached hydrogens (tertiary/aromatic N) is 1. The molecule has 6 heteroatoms. The Bertz CT molecular complexity index is 779. The van der Waals surface area contributed by atoms with Crippen molar-refractivity contribution in [2.75, 3.05) is 0 Å². The van der Waals surface area contributed by atoms with E-state index in [4.69, 9.17) is 11.6 Å². The maximum absolute atomic E-state index is 12.3. The first kappa shape index (κ1) is 15.3. The molecule has 122 valence electrons. The largest absolute Gasteiger partial charge is 0.295 e. The molecule has 0 spiro atoms. The van der Waals surface area contributed by atoms with Gasteiger partial charge in [-0.15, -0.1) is 0 Å². The molecule has 2 aromatic rings. The van der Waals surface area contributed by atoms with E-state index in [1.165, 1.54) is 0 Å². The van der Waals surface area contributed by atoms with Crippen LogP contribution < -0.4 is 10.7 Å². The van der Waals surface area contributed by atoms with E-state index in [0.29, 0.717) is 11.6 Å². The summed E-state index contributed by atoms with van der Waals surface area (Å²) in [7, 11) is 0. The fraction of sp³-hybridized carbons (Fsp3) is 0.222. The molecule has 2 N–H and O–H groups in total. The van der Waals surface area contributed by atoms with Crippen LogP contribution in [0.4, 0.5) is 0 Å². The van der Waals surface area contributed by atoms with E-state index in [-0.39, 0.29) is 17.9 Å². The Kier molecular flexibility index (Phi) is 3.84. The average molecular weight is 342 g/mol. The highest BCUT2D eigenvalue weighted by Crippen LogP contribution is 2.37. The first-order valence-corrected chi connectivity index (χ1v) is 8.18. The molecule has 0 saturated carbocycles. The Labute approximate surface area is 144 Å². The summed E-state index contributed by atoms with van der Waals surface area (Å²) in [5.41, 5.74) is 5.36. The summed E-state index contributed by atoms with van der Waals surface area (Å²) in [4.78, 5) is 24.6. The Morgan fingerprint density at radius 1 is 0.958 bits per heavy atom. The Morgan fingerprint density at radius 3 is 2.38 bits per heavy atom. The van der Waals surface area contributed by atoms with Gasteiger partial charge in [0.25, 0.3) is 0 Å². The van der Waals surface area contributed by atoms with Gasteiger partial charge in [-0.1, -0.05) is 54.1 Å². The molecule has 2 aromatic carbocycles. The third-order valence-electron chi connectivity index (χ3n) is 4.58. The molecule has 0 aromatic heterocycles. The quantitative estimate of drug-likeness (QED) is 0.839. The number of hydrogen-bond acceptors (Lipinski definition) is 4. The van der Waals surface area contributed by atoms with Crippen molar-refractivity contribution in [2.45, 2.75) is 18.6 Å². The molecular weight excluding hydrogens is 326 g/mol. The minimum absolute atomic E-state index is 0.229. The molecular formula is C18H16ClN3O2. The van der Waals surface area contributed by atoms with E-state index in [1.54, 1.807) is 12.1 Å². The molecule has 2 aliphatic heterocycles. The first-order chi connectivity index (χ1) is 11.6. The average Bonchev–Trinajstić information content (AvgIpc) is 3.09. The summed E-state index contributed by atoms with van der Waals surface area (Å²) < 4.78 is 0. The van der Waals surface area contributed by atoms with Crippen LogP contribution in [-0.4, -0.2) is 22.9 Å². The van der Waals surface area contributed by atoms with Crippen molar-refractivity contribution in [1.29, 1.82) is 0 Å². The fourth-order valence-corrected chi connectivity index (χ4v) is 3.60. The van der Waals surface area contributed by atoms with E-state index in [2.05, 4.69) is 10.7 Å². The number of rotatable bonds is 3. The number of hydrazine groups is 1. The number of amides is 2. The summed E-state index contributed by atoms with van der Waals surface area (Å²) in [6.45, 7) is 0.548. The second-order valence-corrected chi connectivity index (χ2v) is 6.53. The van der Waals surface area contributed by atoms with Crippen LogP contribution in [0.2, 0.25) is 5.02 Å². The molecule has 24 heavy (non-hydrogen) atoms. The van der Waals surface area contributed by atoms with E-state index in [9.17, 15) is 9.59 Å². The molecule has 2 fully saturated rings. The summed E-state index contributed by atoms with van der Waals surface area (Å²) in [5.74, 6) is -0.916. The molecule has 5 nitrogen and oxygen atoms in total. The van der Waals surface area contributed by atoms with Gasteiger partial charge in [0.15, 0.2) is 0 Å². The number of fused-ring (bicyclic) bond motifs is 1. The fourth-order valence-electron chi connectivity index (χ4n) is 3.47. The van der Waals surface area contributed by atoms with E-state index in [1.807, 2.05) is 47.5 Å². The van der Waals surface area contributed by atoms with Gasteiger partial charge >= 0.3 is 0 Å². The lowest BCUT2D eigenvalue weighted by atomic mass is 9.91. The highest BCUT2D eigenvalue weighted by Gasteiger charge is 2.54. The van der Waals surface area contributed by atoms with Gasteiger partial charge in [0.05, 0.1) is 12.0 Å². The number of benzene rings is 2. The number of carbonyl (C=O) groups is 2. The van der Waals surface area contributed by atoms with E-state index >= 15 is 0 Å². The second-order valence-electron chi connectivity index (χ2n) is 6.10. The summed E-state index contributed by atoms with van der Waals surface area (Å²) >= 11 is 5.95. The molecule has 0 bridgehead atoms. The number of carbonyl (C=O) groups excluding carboxylic acids is 2. The van der Waals surface area contributed by atoms with E-state index in [0.717, 1.165) is 11.1 Å². The van der Waals surface area contributed by atoms with Crippen LogP contribution in [0.1, 0.15) is 17.2 Å². The number of imide groups is 1. The highest BCUT2D eigenvalue weighted by atomic mass is 35.5. The molecule has 2 saturated heterocycles. The van der Waals surface area contributed by atoms with Crippen molar-refractivity contribution in [3.8, 4) is 0 Å². The van der Waals surface area contributed by atoms with Crippen molar-refractivity contribution in [3.05, 3.63) is 70.7 Å². The lowest BCUT2D eigenvalue weighted by molar-refractivity contribution is -0.127. The molecule has 2 aliphatic rings. The van der Waals surface area contributed by atoms with Crippen LogP contribution in [0.25, 0.3) is 0 Å². The zero-order valence-corrected chi connectivity index (χ0v) is 13.5. The lowest BCUT2D eigenvalue weighted by Gasteiger charge is -2.22. The molecule has 2 amide bonds.